The molecule has 1 atom stereocenters. The Balaban J connectivity index is 1.66. The average Bonchev–Trinajstić information content (AvgIpc) is 3.52. The van der Waals surface area contributed by atoms with Crippen LogP contribution in [0.4, 0.5) is 5.82 Å². The zero-order chi connectivity index (χ0) is 24.1. The number of carbonyl (C=O) groups is 1. The van der Waals surface area contributed by atoms with Gasteiger partial charge in [0.2, 0.25) is 0 Å². The molecule has 0 bridgehead atoms. The SMILES string of the molecule is CCn1c(=O)c(C(=O)CN(Cc2cccs2)C[C@@H]2CCCO2)c(N)n(Cc2ccccc2)c1=O. The van der Waals surface area contributed by atoms with E-state index in [0.29, 0.717) is 13.1 Å². The van der Waals surface area contributed by atoms with Crippen molar-refractivity contribution in [3.63, 3.8) is 0 Å². The molecular formula is C25H30N4O4S. The summed E-state index contributed by atoms with van der Waals surface area (Å²) in [7, 11) is 0. The van der Waals surface area contributed by atoms with Crippen molar-refractivity contribution in [2.45, 2.75) is 45.5 Å². The summed E-state index contributed by atoms with van der Waals surface area (Å²) in [4.78, 5) is 42.8. The van der Waals surface area contributed by atoms with Crippen LogP contribution >= 0.6 is 11.3 Å². The minimum Gasteiger partial charge on any atom is -0.384 e. The summed E-state index contributed by atoms with van der Waals surface area (Å²) in [5.41, 5.74) is 5.91. The van der Waals surface area contributed by atoms with Crippen LogP contribution in [-0.4, -0.2) is 45.6 Å². The third kappa shape index (κ3) is 5.38. The maximum absolute atomic E-state index is 13.5. The van der Waals surface area contributed by atoms with E-state index in [1.54, 1.807) is 18.3 Å². The van der Waals surface area contributed by atoms with E-state index in [0.717, 1.165) is 34.5 Å². The van der Waals surface area contributed by atoms with Crippen LogP contribution < -0.4 is 17.0 Å². The van der Waals surface area contributed by atoms with Gasteiger partial charge in [-0.25, -0.2) is 4.79 Å². The van der Waals surface area contributed by atoms with Gasteiger partial charge in [0.05, 0.1) is 19.2 Å². The van der Waals surface area contributed by atoms with Crippen molar-refractivity contribution in [1.29, 1.82) is 0 Å². The number of ketones is 1. The highest BCUT2D eigenvalue weighted by atomic mass is 32.1. The minimum atomic E-state index is -0.632. The van der Waals surface area contributed by atoms with E-state index >= 15 is 0 Å². The van der Waals surface area contributed by atoms with E-state index in [-0.39, 0.29) is 42.9 Å². The molecule has 0 spiro atoms. The number of anilines is 1. The molecule has 3 heterocycles. The fourth-order valence-electron chi connectivity index (χ4n) is 4.34. The van der Waals surface area contributed by atoms with Crippen LogP contribution in [0.1, 0.15) is 40.6 Å². The van der Waals surface area contributed by atoms with E-state index in [1.807, 2.05) is 52.7 Å². The quantitative estimate of drug-likeness (QED) is 0.446. The Hall–Kier alpha value is -3.01. The number of aromatic nitrogens is 2. The van der Waals surface area contributed by atoms with Gasteiger partial charge in [0.1, 0.15) is 11.4 Å². The normalized spacial score (nSPS) is 15.8. The molecule has 1 saturated heterocycles. The van der Waals surface area contributed by atoms with Gasteiger partial charge in [0, 0.05) is 31.1 Å². The van der Waals surface area contributed by atoms with Gasteiger partial charge in [-0.2, -0.15) is 0 Å². The molecule has 0 aliphatic carbocycles. The number of thiophene rings is 1. The van der Waals surface area contributed by atoms with Crippen molar-refractivity contribution in [2.24, 2.45) is 0 Å². The molecule has 0 amide bonds. The second-order valence-corrected chi connectivity index (χ2v) is 9.50. The summed E-state index contributed by atoms with van der Waals surface area (Å²) >= 11 is 1.62. The second-order valence-electron chi connectivity index (χ2n) is 8.47. The third-order valence-corrected chi connectivity index (χ3v) is 6.92. The number of rotatable bonds is 10. The predicted octanol–water partition coefficient (Wildman–Crippen LogP) is 2.59. The Morgan fingerprint density at radius 1 is 1.18 bits per heavy atom. The average molecular weight is 483 g/mol. The Bertz CT molecular complexity index is 1230. The van der Waals surface area contributed by atoms with Crippen molar-refractivity contribution in [2.75, 3.05) is 25.4 Å². The molecule has 0 unspecified atom stereocenters. The van der Waals surface area contributed by atoms with Crippen LogP contribution in [0.15, 0.2) is 57.4 Å². The van der Waals surface area contributed by atoms with E-state index in [4.69, 9.17) is 10.5 Å². The molecule has 1 fully saturated rings. The number of nitrogens with two attached hydrogens (primary N) is 1. The fourth-order valence-corrected chi connectivity index (χ4v) is 5.09. The van der Waals surface area contributed by atoms with E-state index in [9.17, 15) is 14.4 Å². The minimum absolute atomic E-state index is 0.0183. The summed E-state index contributed by atoms with van der Waals surface area (Å²) in [6.07, 6.45) is 2.01. The molecule has 9 heteroatoms. The van der Waals surface area contributed by atoms with E-state index in [2.05, 4.69) is 0 Å². The molecule has 2 aromatic heterocycles. The first-order chi connectivity index (χ1) is 16.5. The summed E-state index contributed by atoms with van der Waals surface area (Å²) in [6, 6.07) is 13.4. The van der Waals surface area contributed by atoms with E-state index < -0.39 is 11.2 Å². The van der Waals surface area contributed by atoms with Gasteiger partial charge in [0.25, 0.3) is 5.56 Å². The summed E-state index contributed by atoms with van der Waals surface area (Å²) in [5, 5.41) is 2.00. The van der Waals surface area contributed by atoms with Crippen molar-refractivity contribution < 1.29 is 9.53 Å². The zero-order valence-corrected chi connectivity index (χ0v) is 20.1. The largest absolute Gasteiger partial charge is 0.384 e. The van der Waals surface area contributed by atoms with Crippen LogP contribution in [0.25, 0.3) is 0 Å². The van der Waals surface area contributed by atoms with Crippen LogP contribution in [0.2, 0.25) is 0 Å². The van der Waals surface area contributed by atoms with Crippen molar-refractivity contribution in [1.82, 2.24) is 14.0 Å². The molecular weight excluding hydrogens is 452 g/mol. The maximum atomic E-state index is 13.5. The lowest BCUT2D eigenvalue weighted by Crippen LogP contribution is -2.45. The van der Waals surface area contributed by atoms with Crippen molar-refractivity contribution in [3.8, 4) is 0 Å². The molecule has 8 nitrogen and oxygen atoms in total. The lowest BCUT2D eigenvalue weighted by atomic mass is 10.1. The van der Waals surface area contributed by atoms with Crippen LogP contribution in [0.3, 0.4) is 0 Å². The van der Waals surface area contributed by atoms with Crippen LogP contribution in [0, 0.1) is 0 Å². The Kier molecular flexibility index (Phi) is 7.77. The second kappa shape index (κ2) is 10.9. The summed E-state index contributed by atoms with van der Waals surface area (Å²) in [6.45, 7) is 3.96. The van der Waals surface area contributed by atoms with Crippen molar-refractivity contribution >= 4 is 22.9 Å². The molecule has 2 N–H and O–H groups in total. The monoisotopic (exact) mass is 482 g/mol. The summed E-state index contributed by atoms with van der Waals surface area (Å²) < 4.78 is 8.19. The number of benzene rings is 1. The zero-order valence-electron chi connectivity index (χ0n) is 19.3. The Morgan fingerprint density at radius 2 is 1.97 bits per heavy atom. The van der Waals surface area contributed by atoms with Crippen molar-refractivity contribution in [3.05, 3.63) is 84.7 Å². The topological polar surface area (TPSA) is 99.6 Å². The molecule has 0 radical (unpaired) electrons. The number of carbonyl (C=O) groups excluding carboxylic acids is 1. The molecule has 1 aliphatic heterocycles. The standard InChI is InChI=1S/C25H30N4O4S/c1-2-28-24(31)22(23(26)29(25(28)32)14-18-8-4-3-5-9-18)21(30)17-27(15-19-10-6-12-33-19)16-20-11-7-13-34-20/h3-5,7-9,11,13,19H,2,6,10,12,14-17,26H2,1H3/t19-/m0/s1. The molecule has 34 heavy (non-hydrogen) atoms. The number of Topliss-reactive ketones (excluding diaryl/α,β-unsaturated/α-hetero) is 1. The Morgan fingerprint density at radius 3 is 2.62 bits per heavy atom. The van der Waals surface area contributed by atoms with Gasteiger partial charge in [-0.05, 0) is 36.8 Å². The highest BCUT2D eigenvalue weighted by molar-refractivity contribution is 7.09. The summed E-state index contributed by atoms with van der Waals surface area (Å²) in [5.74, 6) is -0.470. The first kappa shape index (κ1) is 24.1. The number of ether oxygens (including phenoxy) is 1. The molecule has 4 rings (SSSR count). The molecule has 180 valence electrons. The Labute approximate surface area is 202 Å². The lowest BCUT2D eigenvalue weighted by molar-refractivity contribution is 0.0652. The third-order valence-electron chi connectivity index (χ3n) is 6.06. The number of nitrogens with zero attached hydrogens (tertiary/aromatic N) is 3. The van der Waals surface area contributed by atoms with Gasteiger partial charge in [-0.3, -0.25) is 23.6 Å². The molecule has 1 aliphatic rings. The highest BCUT2D eigenvalue weighted by Gasteiger charge is 2.26. The molecule has 3 aromatic rings. The number of nitrogen functional groups attached to an aromatic ring is 1. The van der Waals surface area contributed by atoms with Gasteiger partial charge < -0.3 is 10.5 Å². The van der Waals surface area contributed by atoms with Gasteiger partial charge >= 0.3 is 5.69 Å². The number of hydrogen-bond donors (Lipinski definition) is 1. The van der Waals surface area contributed by atoms with Crippen LogP contribution in [-0.2, 0) is 24.4 Å². The lowest BCUT2D eigenvalue weighted by Gasteiger charge is -2.24. The first-order valence-electron chi connectivity index (χ1n) is 11.5. The van der Waals surface area contributed by atoms with Gasteiger partial charge in [-0.15, -0.1) is 11.3 Å². The predicted molar refractivity (Wildman–Crippen MR) is 133 cm³/mol. The first-order valence-corrected chi connectivity index (χ1v) is 12.4. The molecule has 1 aromatic carbocycles. The van der Waals surface area contributed by atoms with Crippen LogP contribution in [0.5, 0.6) is 0 Å². The molecule has 0 saturated carbocycles. The van der Waals surface area contributed by atoms with Gasteiger partial charge in [0.15, 0.2) is 5.78 Å². The fraction of sp³-hybridized carbons (Fsp3) is 0.400. The van der Waals surface area contributed by atoms with E-state index in [1.165, 1.54) is 4.57 Å². The maximum Gasteiger partial charge on any atom is 0.332 e. The number of hydrogen-bond acceptors (Lipinski definition) is 7. The highest BCUT2D eigenvalue weighted by Crippen LogP contribution is 2.18. The smallest absolute Gasteiger partial charge is 0.332 e. The van der Waals surface area contributed by atoms with Gasteiger partial charge in [-0.1, -0.05) is 36.4 Å².